The lowest BCUT2D eigenvalue weighted by Crippen LogP contribution is -2.56. The van der Waals surface area contributed by atoms with Crippen molar-refractivity contribution in [3.05, 3.63) is 35.9 Å². The zero-order valence-corrected chi connectivity index (χ0v) is 17.0. The highest BCUT2D eigenvalue weighted by Crippen LogP contribution is 2.21. The molecule has 1 heterocycles. The highest BCUT2D eigenvalue weighted by Gasteiger charge is 2.32. The molecule has 3 N–H and O–H groups in total. The summed E-state index contributed by atoms with van der Waals surface area (Å²) in [5.74, 6) is 0.258. The Balaban J connectivity index is 0.00000288. The highest BCUT2D eigenvalue weighted by atomic mass is 35.5. The molecular formula is C19H33Cl2N3O. The fourth-order valence-electron chi connectivity index (χ4n) is 3.38. The van der Waals surface area contributed by atoms with Gasteiger partial charge in [0.05, 0.1) is 11.5 Å². The van der Waals surface area contributed by atoms with Gasteiger partial charge in [-0.15, -0.1) is 24.8 Å². The van der Waals surface area contributed by atoms with Crippen LogP contribution in [0.3, 0.4) is 0 Å². The third kappa shape index (κ3) is 6.78. The molecule has 1 amide bonds. The van der Waals surface area contributed by atoms with Gasteiger partial charge in [-0.25, -0.2) is 0 Å². The molecule has 1 unspecified atom stereocenters. The quantitative estimate of drug-likeness (QED) is 0.751. The number of rotatable bonds is 7. The molecule has 1 saturated heterocycles. The van der Waals surface area contributed by atoms with Crippen LogP contribution in [-0.4, -0.2) is 36.0 Å². The van der Waals surface area contributed by atoms with Crippen LogP contribution in [0.1, 0.15) is 45.1 Å². The van der Waals surface area contributed by atoms with Crippen LogP contribution in [0.5, 0.6) is 0 Å². The van der Waals surface area contributed by atoms with Gasteiger partial charge in [-0.05, 0) is 37.8 Å². The molecule has 0 bridgehead atoms. The van der Waals surface area contributed by atoms with Gasteiger partial charge in [-0.3, -0.25) is 9.69 Å². The molecule has 0 aromatic heterocycles. The van der Waals surface area contributed by atoms with Gasteiger partial charge in [0.1, 0.15) is 0 Å². The van der Waals surface area contributed by atoms with E-state index in [1.165, 1.54) is 5.56 Å². The second-order valence-corrected chi connectivity index (χ2v) is 6.74. The van der Waals surface area contributed by atoms with E-state index in [-0.39, 0.29) is 42.2 Å². The molecule has 1 fully saturated rings. The maximum absolute atomic E-state index is 12.7. The predicted octanol–water partition coefficient (Wildman–Crippen LogP) is 3.38. The first-order chi connectivity index (χ1) is 11.1. The number of nitrogens with two attached hydrogens (primary N) is 1. The van der Waals surface area contributed by atoms with E-state index in [0.29, 0.717) is 6.54 Å². The number of amides is 1. The van der Waals surface area contributed by atoms with Crippen molar-refractivity contribution in [3.8, 4) is 0 Å². The lowest BCUT2D eigenvalue weighted by Gasteiger charge is -2.36. The number of carbonyl (C=O) groups is 1. The Hall–Kier alpha value is -0.810. The van der Waals surface area contributed by atoms with Crippen LogP contribution in [0.2, 0.25) is 0 Å². The number of nitrogens with zero attached hydrogens (tertiary/aromatic N) is 1. The van der Waals surface area contributed by atoms with E-state index in [1.807, 2.05) is 6.07 Å². The number of halogens is 2. The van der Waals surface area contributed by atoms with Crippen LogP contribution in [0.15, 0.2) is 30.3 Å². The van der Waals surface area contributed by atoms with Gasteiger partial charge in [-0.2, -0.15) is 0 Å². The van der Waals surface area contributed by atoms with Crippen molar-refractivity contribution in [2.45, 2.75) is 51.6 Å². The van der Waals surface area contributed by atoms with Crippen molar-refractivity contribution in [1.29, 1.82) is 0 Å². The van der Waals surface area contributed by atoms with Crippen molar-refractivity contribution >= 4 is 30.7 Å². The Morgan fingerprint density at radius 1 is 1.24 bits per heavy atom. The summed E-state index contributed by atoms with van der Waals surface area (Å²) >= 11 is 0. The van der Waals surface area contributed by atoms with E-state index < -0.39 is 0 Å². The van der Waals surface area contributed by atoms with Gasteiger partial charge >= 0.3 is 0 Å². The third-order valence-electron chi connectivity index (χ3n) is 5.26. The Morgan fingerprint density at radius 3 is 2.44 bits per heavy atom. The molecular weight excluding hydrogens is 357 g/mol. The van der Waals surface area contributed by atoms with Crippen molar-refractivity contribution in [2.75, 3.05) is 19.6 Å². The normalized spacial score (nSPS) is 18.0. The zero-order chi connectivity index (χ0) is 16.7. The molecule has 1 aliphatic rings. The SMILES string of the molecule is CCC(CC)(CN)NC(=O)C1CCCN(Cc2ccccc2)C1.Cl.Cl. The number of hydrogen-bond acceptors (Lipinski definition) is 3. The van der Waals surface area contributed by atoms with E-state index in [4.69, 9.17) is 5.73 Å². The minimum Gasteiger partial charge on any atom is -0.349 e. The topological polar surface area (TPSA) is 58.4 Å². The fraction of sp³-hybridized carbons (Fsp3) is 0.632. The van der Waals surface area contributed by atoms with Crippen LogP contribution in [0.4, 0.5) is 0 Å². The summed E-state index contributed by atoms with van der Waals surface area (Å²) in [5.41, 5.74) is 6.99. The van der Waals surface area contributed by atoms with Gasteiger partial charge < -0.3 is 11.1 Å². The van der Waals surface area contributed by atoms with Gasteiger partial charge in [0.15, 0.2) is 0 Å². The van der Waals surface area contributed by atoms with Gasteiger partial charge in [0.2, 0.25) is 5.91 Å². The van der Waals surface area contributed by atoms with Crippen LogP contribution in [0.25, 0.3) is 0 Å². The number of piperidine rings is 1. The largest absolute Gasteiger partial charge is 0.349 e. The Labute approximate surface area is 164 Å². The monoisotopic (exact) mass is 389 g/mol. The molecule has 0 aliphatic carbocycles. The Kier molecular flexibility index (Phi) is 11.4. The molecule has 144 valence electrons. The number of benzene rings is 1. The molecule has 4 nitrogen and oxygen atoms in total. The molecule has 0 saturated carbocycles. The van der Waals surface area contributed by atoms with Crippen LogP contribution < -0.4 is 11.1 Å². The van der Waals surface area contributed by atoms with Crippen molar-refractivity contribution in [3.63, 3.8) is 0 Å². The van der Waals surface area contributed by atoms with Crippen LogP contribution in [-0.2, 0) is 11.3 Å². The van der Waals surface area contributed by atoms with E-state index in [0.717, 1.165) is 45.3 Å². The van der Waals surface area contributed by atoms with Crippen molar-refractivity contribution in [2.24, 2.45) is 11.7 Å². The standard InChI is InChI=1S/C19H31N3O.2ClH/c1-3-19(4-2,15-20)21-18(23)17-11-8-12-22(14-17)13-16-9-6-5-7-10-16;;/h5-7,9-10,17H,3-4,8,11-15,20H2,1-2H3,(H,21,23);2*1H. The first kappa shape index (κ1) is 24.2. The van der Waals surface area contributed by atoms with Gasteiger partial charge in [0.25, 0.3) is 0 Å². The minimum atomic E-state index is -0.237. The van der Waals surface area contributed by atoms with Gasteiger partial charge in [-0.1, -0.05) is 44.2 Å². The molecule has 2 rings (SSSR count). The molecule has 1 aliphatic heterocycles. The molecule has 1 aromatic carbocycles. The molecule has 0 radical (unpaired) electrons. The Morgan fingerprint density at radius 2 is 1.88 bits per heavy atom. The average molecular weight is 390 g/mol. The third-order valence-corrected chi connectivity index (χ3v) is 5.26. The average Bonchev–Trinajstić information content (AvgIpc) is 2.61. The van der Waals surface area contributed by atoms with Gasteiger partial charge in [0, 0.05) is 19.6 Å². The molecule has 6 heteroatoms. The smallest absolute Gasteiger partial charge is 0.224 e. The zero-order valence-electron chi connectivity index (χ0n) is 15.4. The van der Waals surface area contributed by atoms with E-state index >= 15 is 0 Å². The van der Waals surface area contributed by atoms with Crippen LogP contribution >= 0.6 is 24.8 Å². The van der Waals surface area contributed by atoms with E-state index in [2.05, 4.69) is 48.3 Å². The van der Waals surface area contributed by atoms with Crippen molar-refractivity contribution < 1.29 is 4.79 Å². The minimum absolute atomic E-state index is 0. The summed E-state index contributed by atoms with van der Waals surface area (Å²) in [5, 5.41) is 3.24. The number of carbonyl (C=O) groups excluding carboxylic acids is 1. The Bertz CT molecular complexity index is 486. The summed E-state index contributed by atoms with van der Waals surface area (Å²) < 4.78 is 0. The summed E-state index contributed by atoms with van der Waals surface area (Å²) in [6.45, 7) is 7.54. The second kappa shape index (κ2) is 11.7. The first-order valence-electron chi connectivity index (χ1n) is 8.91. The molecule has 1 aromatic rings. The fourth-order valence-corrected chi connectivity index (χ4v) is 3.38. The van der Waals surface area contributed by atoms with Crippen molar-refractivity contribution in [1.82, 2.24) is 10.2 Å². The summed E-state index contributed by atoms with van der Waals surface area (Å²) in [6.07, 6.45) is 3.82. The number of hydrogen-bond donors (Lipinski definition) is 2. The number of nitrogens with one attached hydrogen (secondary N) is 1. The lowest BCUT2D eigenvalue weighted by atomic mass is 9.90. The first-order valence-corrected chi connectivity index (χ1v) is 8.91. The van der Waals surface area contributed by atoms with E-state index in [1.54, 1.807) is 0 Å². The highest BCUT2D eigenvalue weighted by molar-refractivity contribution is 5.85. The summed E-state index contributed by atoms with van der Waals surface area (Å²) in [6, 6.07) is 10.5. The maximum atomic E-state index is 12.7. The predicted molar refractivity (Wildman–Crippen MR) is 109 cm³/mol. The van der Waals surface area contributed by atoms with E-state index in [9.17, 15) is 4.79 Å². The number of likely N-dealkylation sites (tertiary alicyclic amines) is 1. The second-order valence-electron chi connectivity index (χ2n) is 6.74. The summed E-state index contributed by atoms with van der Waals surface area (Å²) in [4.78, 5) is 15.1. The molecule has 1 atom stereocenters. The molecule has 25 heavy (non-hydrogen) atoms. The van der Waals surface area contributed by atoms with Crippen LogP contribution in [0, 0.1) is 5.92 Å². The maximum Gasteiger partial charge on any atom is 0.224 e. The molecule has 0 spiro atoms. The summed E-state index contributed by atoms with van der Waals surface area (Å²) in [7, 11) is 0. The lowest BCUT2D eigenvalue weighted by molar-refractivity contribution is -0.128.